The smallest absolute Gasteiger partial charge is 0.336 e. The molecule has 0 fully saturated rings. The van der Waals surface area contributed by atoms with Crippen LogP contribution in [0.4, 0.5) is 0 Å². The topological polar surface area (TPSA) is 65.7 Å². The molecule has 1 aromatic heterocycles. The molecule has 21 heavy (non-hydrogen) atoms. The summed E-state index contributed by atoms with van der Waals surface area (Å²) in [7, 11) is 1.33. The summed E-state index contributed by atoms with van der Waals surface area (Å²) in [5.74, 6) is 0.170. The first kappa shape index (κ1) is 14.8. The number of methoxy groups -OCH3 is 1. The predicted molar refractivity (Wildman–Crippen MR) is 78.5 cm³/mol. The molecule has 0 radical (unpaired) electrons. The van der Waals surface area contributed by atoms with Gasteiger partial charge in [0.25, 0.3) is 0 Å². The molecule has 0 bridgehead atoms. The van der Waals surface area contributed by atoms with E-state index in [0.29, 0.717) is 16.9 Å². The van der Waals surface area contributed by atoms with Crippen molar-refractivity contribution in [3.8, 4) is 5.75 Å². The van der Waals surface area contributed by atoms with Gasteiger partial charge in [0.2, 0.25) is 0 Å². The van der Waals surface area contributed by atoms with Crippen LogP contribution in [0.15, 0.2) is 45.1 Å². The molecule has 2 aromatic rings. The second-order valence-corrected chi connectivity index (χ2v) is 4.60. The third kappa shape index (κ3) is 3.51. The number of carbonyl (C=O) groups is 1. The van der Waals surface area contributed by atoms with Crippen LogP contribution in [0.1, 0.15) is 12.5 Å². The van der Waals surface area contributed by atoms with E-state index in [0.717, 1.165) is 10.9 Å². The first-order chi connectivity index (χ1) is 10.0. The van der Waals surface area contributed by atoms with Crippen molar-refractivity contribution in [3.63, 3.8) is 0 Å². The molecule has 1 aromatic carbocycles. The molecule has 0 amide bonds. The van der Waals surface area contributed by atoms with Crippen LogP contribution >= 0.6 is 0 Å². The highest BCUT2D eigenvalue weighted by molar-refractivity contribution is 5.87. The fourth-order valence-corrected chi connectivity index (χ4v) is 1.90. The third-order valence-electron chi connectivity index (χ3n) is 3.07. The Kier molecular flexibility index (Phi) is 4.42. The number of benzene rings is 1. The number of carbonyl (C=O) groups excluding carboxylic acids is 1. The predicted octanol–water partition coefficient (Wildman–Crippen LogP) is 2.60. The van der Waals surface area contributed by atoms with Crippen molar-refractivity contribution >= 4 is 16.9 Å². The van der Waals surface area contributed by atoms with E-state index >= 15 is 0 Å². The molecule has 2 rings (SSSR count). The fourth-order valence-electron chi connectivity index (χ4n) is 1.90. The number of hydrogen-bond donors (Lipinski definition) is 0. The van der Waals surface area contributed by atoms with E-state index in [1.807, 2.05) is 13.0 Å². The number of esters is 1. The zero-order valence-corrected chi connectivity index (χ0v) is 12.1. The Morgan fingerprint density at radius 3 is 2.81 bits per heavy atom. The number of fused-ring (bicyclic) bond motifs is 1. The van der Waals surface area contributed by atoms with Crippen molar-refractivity contribution in [1.29, 1.82) is 0 Å². The van der Waals surface area contributed by atoms with Gasteiger partial charge in [0.1, 0.15) is 17.9 Å². The van der Waals surface area contributed by atoms with Gasteiger partial charge in [-0.3, -0.25) is 0 Å². The normalized spacial score (nSPS) is 11.5. The molecule has 110 valence electrons. The van der Waals surface area contributed by atoms with Crippen LogP contribution in [0, 0.1) is 6.92 Å². The third-order valence-corrected chi connectivity index (χ3v) is 3.07. The lowest BCUT2D eigenvalue weighted by Gasteiger charge is -2.06. The summed E-state index contributed by atoms with van der Waals surface area (Å²) in [5.41, 5.74) is 1.42. The lowest BCUT2D eigenvalue weighted by molar-refractivity contribution is -0.136. The van der Waals surface area contributed by atoms with Gasteiger partial charge in [-0.2, -0.15) is 0 Å². The van der Waals surface area contributed by atoms with Crippen LogP contribution in [0.5, 0.6) is 5.75 Å². The highest BCUT2D eigenvalue weighted by Gasteiger charge is 2.05. The van der Waals surface area contributed by atoms with E-state index in [2.05, 4.69) is 4.74 Å². The van der Waals surface area contributed by atoms with Gasteiger partial charge in [-0.05, 0) is 37.6 Å². The first-order valence-corrected chi connectivity index (χ1v) is 6.43. The molecule has 0 aliphatic heterocycles. The van der Waals surface area contributed by atoms with Crippen LogP contribution in [-0.2, 0) is 9.53 Å². The minimum atomic E-state index is -0.390. The van der Waals surface area contributed by atoms with E-state index in [9.17, 15) is 9.59 Å². The molecule has 0 aliphatic carbocycles. The Bertz CT molecular complexity index is 755. The van der Waals surface area contributed by atoms with E-state index < -0.39 is 11.6 Å². The summed E-state index contributed by atoms with van der Waals surface area (Å²) in [6.07, 6.45) is 1.63. The maximum atomic E-state index is 11.4. The zero-order valence-electron chi connectivity index (χ0n) is 12.1. The van der Waals surface area contributed by atoms with Crippen LogP contribution in [0.3, 0.4) is 0 Å². The maximum absolute atomic E-state index is 11.4. The number of ether oxygens (including phenoxy) is 2. The largest absolute Gasteiger partial charge is 0.489 e. The second-order valence-electron chi connectivity index (χ2n) is 4.60. The Morgan fingerprint density at radius 1 is 1.33 bits per heavy atom. The minimum Gasteiger partial charge on any atom is -0.489 e. The average molecular weight is 288 g/mol. The summed E-state index contributed by atoms with van der Waals surface area (Å²) in [5, 5.41) is 0.864. The molecular weight excluding hydrogens is 272 g/mol. The molecule has 0 N–H and O–H groups in total. The van der Waals surface area contributed by atoms with Crippen molar-refractivity contribution in [2.45, 2.75) is 13.8 Å². The molecular formula is C16H16O5. The summed E-state index contributed by atoms with van der Waals surface area (Å²) in [6, 6.07) is 6.73. The van der Waals surface area contributed by atoms with Gasteiger partial charge in [-0.25, -0.2) is 9.59 Å². The molecule has 0 unspecified atom stereocenters. The Morgan fingerprint density at radius 2 is 2.10 bits per heavy atom. The van der Waals surface area contributed by atoms with E-state index in [4.69, 9.17) is 9.15 Å². The summed E-state index contributed by atoms with van der Waals surface area (Å²) in [6.45, 7) is 3.72. The molecule has 0 aliphatic rings. The Hall–Kier alpha value is -2.56. The standard InChI is InChI=1S/C16H16O5/c1-10(16(18)19-3)6-7-20-12-4-5-13-11(2)8-15(17)21-14(13)9-12/h4-6,8-9H,7H2,1-3H3. The Labute approximate surface area is 121 Å². The molecule has 1 heterocycles. The van der Waals surface area contributed by atoms with Gasteiger partial charge in [0, 0.05) is 23.1 Å². The number of hydrogen-bond acceptors (Lipinski definition) is 5. The maximum Gasteiger partial charge on any atom is 0.336 e. The quantitative estimate of drug-likeness (QED) is 0.491. The van der Waals surface area contributed by atoms with Crippen molar-refractivity contribution in [2.75, 3.05) is 13.7 Å². The molecule has 0 spiro atoms. The van der Waals surface area contributed by atoms with Crippen LogP contribution in [0.25, 0.3) is 11.0 Å². The lowest BCUT2D eigenvalue weighted by atomic mass is 10.1. The van der Waals surface area contributed by atoms with Gasteiger partial charge < -0.3 is 13.9 Å². The number of aryl methyl sites for hydroxylation is 1. The van der Waals surface area contributed by atoms with Gasteiger partial charge in [-0.1, -0.05) is 0 Å². The minimum absolute atomic E-state index is 0.225. The van der Waals surface area contributed by atoms with Crippen molar-refractivity contribution < 1.29 is 18.7 Å². The van der Waals surface area contributed by atoms with E-state index in [-0.39, 0.29) is 6.61 Å². The molecule has 0 saturated heterocycles. The molecule has 0 saturated carbocycles. The van der Waals surface area contributed by atoms with Crippen LogP contribution in [-0.4, -0.2) is 19.7 Å². The number of rotatable bonds is 4. The van der Waals surface area contributed by atoms with Gasteiger partial charge in [0.05, 0.1) is 7.11 Å². The summed E-state index contributed by atoms with van der Waals surface area (Å²) >= 11 is 0. The van der Waals surface area contributed by atoms with Gasteiger partial charge in [0.15, 0.2) is 0 Å². The van der Waals surface area contributed by atoms with Crippen LogP contribution < -0.4 is 10.4 Å². The van der Waals surface area contributed by atoms with Crippen LogP contribution in [0.2, 0.25) is 0 Å². The molecule has 5 nitrogen and oxygen atoms in total. The van der Waals surface area contributed by atoms with Crippen molar-refractivity contribution in [2.24, 2.45) is 0 Å². The molecule has 5 heteroatoms. The Balaban J connectivity index is 2.17. The highest BCUT2D eigenvalue weighted by Crippen LogP contribution is 2.22. The van der Waals surface area contributed by atoms with E-state index in [1.165, 1.54) is 13.2 Å². The fraction of sp³-hybridized carbons (Fsp3) is 0.250. The second kappa shape index (κ2) is 6.26. The average Bonchev–Trinajstić information content (AvgIpc) is 2.45. The first-order valence-electron chi connectivity index (χ1n) is 6.43. The highest BCUT2D eigenvalue weighted by atomic mass is 16.5. The van der Waals surface area contributed by atoms with Gasteiger partial charge >= 0.3 is 11.6 Å². The van der Waals surface area contributed by atoms with E-state index in [1.54, 1.807) is 25.1 Å². The monoisotopic (exact) mass is 288 g/mol. The van der Waals surface area contributed by atoms with Gasteiger partial charge in [-0.15, -0.1) is 0 Å². The lowest BCUT2D eigenvalue weighted by Crippen LogP contribution is -2.04. The SMILES string of the molecule is COC(=O)C(C)=CCOc1ccc2c(C)cc(=O)oc2c1. The van der Waals surface area contributed by atoms with Crippen molar-refractivity contribution in [1.82, 2.24) is 0 Å². The summed E-state index contributed by atoms with van der Waals surface area (Å²) < 4.78 is 15.2. The molecule has 0 atom stereocenters. The van der Waals surface area contributed by atoms with Crippen molar-refractivity contribution in [3.05, 3.63) is 51.9 Å². The zero-order chi connectivity index (χ0) is 15.4. The summed E-state index contributed by atoms with van der Waals surface area (Å²) in [4.78, 5) is 22.6.